The lowest BCUT2D eigenvalue weighted by Crippen LogP contribution is -2.51. The van der Waals surface area contributed by atoms with Gasteiger partial charge in [0.25, 0.3) is 5.92 Å². The molecule has 0 aromatic heterocycles. The van der Waals surface area contributed by atoms with Crippen LogP contribution < -0.4 is 14.8 Å². The Bertz CT molecular complexity index is 774. The molecule has 1 aliphatic rings. The molecule has 1 atom stereocenters. The van der Waals surface area contributed by atoms with Gasteiger partial charge in [0, 0.05) is 26.2 Å². The number of aliphatic hydroxyl groups is 1. The lowest BCUT2D eigenvalue weighted by atomic mass is 9.97. The molecule has 0 amide bonds. The number of rotatable bonds is 9. The average molecular weight is 443 g/mol. The van der Waals surface area contributed by atoms with E-state index in [2.05, 4.69) is 5.32 Å². The summed E-state index contributed by atoms with van der Waals surface area (Å²) in [7, 11) is 0. The first kappa shape index (κ1) is 24.3. The van der Waals surface area contributed by atoms with Gasteiger partial charge in [0.05, 0.1) is 6.61 Å². The number of halogens is 3. The van der Waals surface area contributed by atoms with Crippen LogP contribution in [0.4, 0.5) is 8.78 Å². The van der Waals surface area contributed by atoms with Gasteiger partial charge in [0.15, 0.2) is 11.5 Å². The zero-order valence-electron chi connectivity index (χ0n) is 17.0. The van der Waals surface area contributed by atoms with Crippen molar-refractivity contribution < 1.29 is 23.4 Å². The molecule has 0 spiro atoms. The van der Waals surface area contributed by atoms with E-state index in [9.17, 15) is 13.9 Å². The van der Waals surface area contributed by atoms with Crippen molar-refractivity contribution >= 4 is 12.4 Å². The SMILES string of the molecule is CCOc1cc([C@@H](N2CCNCC2)C(F)(F)CO)ccc1OCc1ccccc1.Cl. The second kappa shape index (κ2) is 11.5. The largest absolute Gasteiger partial charge is 0.490 e. The first-order valence-corrected chi connectivity index (χ1v) is 9.92. The van der Waals surface area contributed by atoms with E-state index in [1.807, 2.05) is 37.3 Å². The van der Waals surface area contributed by atoms with E-state index in [-0.39, 0.29) is 12.4 Å². The van der Waals surface area contributed by atoms with Gasteiger partial charge in [-0.25, -0.2) is 8.78 Å². The summed E-state index contributed by atoms with van der Waals surface area (Å²) < 4.78 is 41.0. The number of nitrogens with one attached hydrogen (secondary N) is 1. The van der Waals surface area contributed by atoms with Gasteiger partial charge in [0.1, 0.15) is 19.3 Å². The molecule has 1 saturated heterocycles. The number of piperazine rings is 1. The minimum Gasteiger partial charge on any atom is -0.490 e. The molecule has 166 valence electrons. The highest BCUT2D eigenvalue weighted by atomic mass is 35.5. The van der Waals surface area contributed by atoms with Crippen molar-refractivity contribution in [2.24, 2.45) is 0 Å². The lowest BCUT2D eigenvalue weighted by Gasteiger charge is -2.38. The normalized spacial score (nSPS) is 15.9. The smallest absolute Gasteiger partial charge is 0.289 e. The Labute approximate surface area is 182 Å². The maximum absolute atomic E-state index is 14.7. The highest BCUT2D eigenvalue weighted by molar-refractivity contribution is 5.85. The summed E-state index contributed by atoms with van der Waals surface area (Å²) in [5, 5.41) is 12.5. The van der Waals surface area contributed by atoms with Crippen LogP contribution in [0.15, 0.2) is 48.5 Å². The van der Waals surface area contributed by atoms with Gasteiger partial charge in [-0.3, -0.25) is 4.90 Å². The second-order valence-corrected chi connectivity index (χ2v) is 7.02. The fraction of sp³-hybridized carbons (Fsp3) is 0.455. The summed E-state index contributed by atoms with van der Waals surface area (Å²) in [6.45, 7) is 3.60. The zero-order valence-corrected chi connectivity index (χ0v) is 17.8. The number of aliphatic hydroxyl groups excluding tert-OH is 1. The summed E-state index contributed by atoms with van der Waals surface area (Å²) in [6, 6.07) is 13.4. The second-order valence-electron chi connectivity index (χ2n) is 7.02. The van der Waals surface area contributed by atoms with Gasteiger partial charge in [-0.05, 0) is 30.2 Å². The van der Waals surface area contributed by atoms with Crippen LogP contribution in [0.2, 0.25) is 0 Å². The Kier molecular flexibility index (Phi) is 9.30. The van der Waals surface area contributed by atoms with Crippen molar-refractivity contribution in [2.45, 2.75) is 25.5 Å². The van der Waals surface area contributed by atoms with E-state index in [0.29, 0.717) is 56.5 Å². The van der Waals surface area contributed by atoms with Gasteiger partial charge < -0.3 is 19.9 Å². The fourth-order valence-corrected chi connectivity index (χ4v) is 3.57. The van der Waals surface area contributed by atoms with Crippen molar-refractivity contribution in [1.29, 1.82) is 0 Å². The number of alkyl halides is 2. The van der Waals surface area contributed by atoms with E-state index in [1.165, 1.54) is 0 Å². The molecule has 0 unspecified atom stereocenters. The molecule has 3 rings (SSSR count). The average Bonchev–Trinajstić information content (AvgIpc) is 2.75. The van der Waals surface area contributed by atoms with Crippen molar-refractivity contribution in [1.82, 2.24) is 10.2 Å². The van der Waals surface area contributed by atoms with E-state index in [1.54, 1.807) is 23.1 Å². The number of ether oxygens (including phenoxy) is 2. The third kappa shape index (κ3) is 6.04. The van der Waals surface area contributed by atoms with Crippen LogP contribution in [-0.2, 0) is 6.61 Å². The van der Waals surface area contributed by atoms with Crippen LogP contribution in [-0.4, -0.2) is 55.3 Å². The molecular formula is C22H29ClF2N2O3. The Morgan fingerprint density at radius 1 is 1.07 bits per heavy atom. The molecule has 2 aromatic carbocycles. The Hall–Kier alpha value is -1.93. The van der Waals surface area contributed by atoms with Crippen LogP contribution in [0.5, 0.6) is 11.5 Å². The molecule has 1 heterocycles. The molecule has 0 aliphatic carbocycles. The molecule has 0 bridgehead atoms. The first-order valence-electron chi connectivity index (χ1n) is 9.92. The first-order chi connectivity index (χ1) is 14.0. The Balaban J connectivity index is 0.00000320. The Morgan fingerprint density at radius 2 is 1.77 bits per heavy atom. The van der Waals surface area contributed by atoms with Crippen LogP contribution in [0, 0.1) is 0 Å². The minimum atomic E-state index is -3.27. The third-order valence-electron chi connectivity index (χ3n) is 4.95. The van der Waals surface area contributed by atoms with E-state index < -0.39 is 18.6 Å². The number of nitrogens with zero attached hydrogens (tertiary/aromatic N) is 1. The topological polar surface area (TPSA) is 54.0 Å². The zero-order chi connectivity index (χ0) is 20.7. The molecule has 30 heavy (non-hydrogen) atoms. The van der Waals surface area contributed by atoms with Crippen molar-refractivity contribution in [3.05, 3.63) is 59.7 Å². The van der Waals surface area contributed by atoms with Crippen molar-refractivity contribution in [2.75, 3.05) is 39.4 Å². The van der Waals surface area contributed by atoms with Crippen molar-refractivity contribution in [3.63, 3.8) is 0 Å². The molecule has 1 fully saturated rings. The summed E-state index contributed by atoms with van der Waals surface area (Å²) in [5.74, 6) is -2.34. The number of hydrogen-bond donors (Lipinski definition) is 2. The lowest BCUT2D eigenvalue weighted by molar-refractivity contribution is -0.118. The predicted molar refractivity (Wildman–Crippen MR) is 115 cm³/mol. The van der Waals surface area contributed by atoms with Gasteiger partial charge in [-0.2, -0.15) is 0 Å². The number of hydrogen-bond acceptors (Lipinski definition) is 5. The Morgan fingerprint density at radius 3 is 2.40 bits per heavy atom. The summed E-state index contributed by atoms with van der Waals surface area (Å²) in [5.41, 5.74) is 1.41. The maximum atomic E-state index is 14.7. The molecule has 1 aliphatic heterocycles. The predicted octanol–water partition coefficient (Wildman–Crippen LogP) is 3.66. The van der Waals surface area contributed by atoms with Crippen LogP contribution in [0.1, 0.15) is 24.1 Å². The quantitative estimate of drug-likeness (QED) is 0.620. The monoisotopic (exact) mass is 442 g/mol. The fourth-order valence-electron chi connectivity index (χ4n) is 3.57. The van der Waals surface area contributed by atoms with Crippen LogP contribution in [0.3, 0.4) is 0 Å². The van der Waals surface area contributed by atoms with Gasteiger partial charge >= 0.3 is 0 Å². The minimum absolute atomic E-state index is 0. The summed E-state index contributed by atoms with van der Waals surface area (Å²) in [4.78, 5) is 1.71. The van der Waals surface area contributed by atoms with E-state index in [4.69, 9.17) is 9.47 Å². The molecule has 2 aromatic rings. The maximum Gasteiger partial charge on any atom is 0.289 e. The van der Waals surface area contributed by atoms with Crippen molar-refractivity contribution in [3.8, 4) is 11.5 Å². The highest BCUT2D eigenvalue weighted by Crippen LogP contribution is 2.40. The van der Waals surface area contributed by atoms with Gasteiger partial charge in [-0.1, -0.05) is 36.4 Å². The number of benzene rings is 2. The molecule has 2 N–H and O–H groups in total. The third-order valence-corrected chi connectivity index (χ3v) is 4.95. The van der Waals surface area contributed by atoms with Gasteiger partial charge in [-0.15, -0.1) is 12.4 Å². The van der Waals surface area contributed by atoms with Crippen LogP contribution in [0.25, 0.3) is 0 Å². The molecule has 5 nitrogen and oxygen atoms in total. The van der Waals surface area contributed by atoms with Crippen LogP contribution >= 0.6 is 12.4 Å². The molecular weight excluding hydrogens is 414 g/mol. The highest BCUT2D eigenvalue weighted by Gasteiger charge is 2.44. The molecule has 0 radical (unpaired) electrons. The van der Waals surface area contributed by atoms with E-state index >= 15 is 0 Å². The molecule has 0 saturated carbocycles. The summed E-state index contributed by atoms with van der Waals surface area (Å²) in [6.07, 6.45) is 0. The standard InChI is InChI=1S/C22H28F2N2O3.ClH/c1-2-28-20-14-18(8-9-19(20)29-15-17-6-4-3-5-7-17)21(22(23,24)16-27)26-12-10-25-11-13-26;/h3-9,14,21,25,27H,2,10-13,15-16H2,1H3;1H/t21-;/m1./s1. The van der Waals surface area contributed by atoms with Gasteiger partial charge in [0.2, 0.25) is 0 Å². The molecule has 8 heteroatoms. The van der Waals surface area contributed by atoms with E-state index in [0.717, 1.165) is 5.56 Å². The summed E-state index contributed by atoms with van der Waals surface area (Å²) >= 11 is 0.